The summed E-state index contributed by atoms with van der Waals surface area (Å²) < 4.78 is 0. The summed E-state index contributed by atoms with van der Waals surface area (Å²) in [4.78, 5) is 10.5. The number of nitrogens with one attached hydrogen (secondary N) is 1. The van der Waals surface area contributed by atoms with E-state index >= 15 is 0 Å². The van der Waals surface area contributed by atoms with Gasteiger partial charge in [0.1, 0.15) is 11.4 Å². The van der Waals surface area contributed by atoms with E-state index in [9.17, 15) is 15.2 Å². The van der Waals surface area contributed by atoms with Gasteiger partial charge in [-0.05, 0) is 43.7 Å². The lowest BCUT2D eigenvalue weighted by atomic mass is 9.84. The molecule has 0 amide bonds. The van der Waals surface area contributed by atoms with E-state index in [1.54, 1.807) is 6.07 Å². The van der Waals surface area contributed by atoms with E-state index in [1.807, 2.05) is 0 Å². The third-order valence-corrected chi connectivity index (χ3v) is 3.96. The molecule has 0 atom stereocenters. The fourth-order valence-corrected chi connectivity index (χ4v) is 2.73. The van der Waals surface area contributed by atoms with Crippen LogP contribution in [0.4, 0.5) is 11.4 Å². The van der Waals surface area contributed by atoms with E-state index in [2.05, 4.69) is 12.2 Å². The molecule has 0 aromatic heterocycles. The molecule has 1 saturated carbocycles. The molecule has 5 nitrogen and oxygen atoms in total. The first-order valence-corrected chi connectivity index (χ1v) is 6.84. The molecular formula is C14H20N2O3. The normalized spacial score (nSPS) is 23.0. The number of benzene rings is 1. The van der Waals surface area contributed by atoms with Gasteiger partial charge in [0.25, 0.3) is 5.69 Å². The number of nitrogens with zero attached hydrogens (tertiary/aromatic N) is 1. The van der Waals surface area contributed by atoms with Crippen molar-refractivity contribution in [2.45, 2.75) is 45.1 Å². The number of phenolic OH excluding ortho intramolecular Hbond substituents is 1. The lowest BCUT2D eigenvalue weighted by Gasteiger charge is -2.29. The molecule has 19 heavy (non-hydrogen) atoms. The molecule has 0 radical (unpaired) electrons. The van der Waals surface area contributed by atoms with Crippen LogP contribution >= 0.6 is 0 Å². The Morgan fingerprint density at radius 1 is 1.37 bits per heavy atom. The van der Waals surface area contributed by atoms with Gasteiger partial charge in [-0.2, -0.15) is 0 Å². The fourth-order valence-electron chi connectivity index (χ4n) is 2.73. The highest BCUT2D eigenvalue weighted by molar-refractivity contribution is 5.64. The van der Waals surface area contributed by atoms with Crippen LogP contribution in [-0.2, 0) is 0 Å². The minimum Gasteiger partial charge on any atom is -0.508 e. The summed E-state index contributed by atoms with van der Waals surface area (Å²) in [5, 5.41) is 23.5. The molecule has 5 heteroatoms. The number of nitro benzene ring substituents is 1. The molecule has 104 valence electrons. The summed E-state index contributed by atoms with van der Waals surface area (Å²) in [7, 11) is 0. The van der Waals surface area contributed by atoms with Crippen LogP contribution in [0.15, 0.2) is 18.2 Å². The van der Waals surface area contributed by atoms with Crippen molar-refractivity contribution in [3.63, 3.8) is 0 Å². The summed E-state index contributed by atoms with van der Waals surface area (Å²) >= 11 is 0. The quantitative estimate of drug-likeness (QED) is 0.494. The molecule has 1 aliphatic carbocycles. The number of nitro groups is 1. The summed E-state index contributed by atoms with van der Waals surface area (Å²) in [6.45, 7) is 2.21. The van der Waals surface area contributed by atoms with Crippen LogP contribution in [0.25, 0.3) is 0 Å². The van der Waals surface area contributed by atoms with Gasteiger partial charge in [-0.15, -0.1) is 0 Å². The van der Waals surface area contributed by atoms with Crippen molar-refractivity contribution in [3.05, 3.63) is 28.3 Å². The number of phenols is 1. The van der Waals surface area contributed by atoms with Crippen molar-refractivity contribution in [3.8, 4) is 5.75 Å². The fraction of sp³-hybridized carbons (Fsp3) is 0.571. The molecule has 0 spiro atoms. The van der Waals surface area contributed by atoms with E-state index < -0.39 is 4.92 Å². The molecule has 1 fully saturated rings. The lowest BCUT2D eigenvalue weighted by Crippen LogP contribution is -2.26. The van der Waals surface area contributed by atoms with Crippen LogP contribution in [0.3, 0.4) is 0 Å². The first-order chi connectivity index (χ1) is 9.10. The summed E-state index contributed by atoms with van der Waals surface area (Å²) in [5.74, 6) is 0.722. The third-order valence-electron chi connectivity index (χ3n) is 3.96. The standard InChI is InChI=1S/C14H20N2O3/c1-2-10-3-5-11(6-4-10)15-13-8-7-12(17)9-14(13)16(18)19/h7-11,15,17H,2-6H2,1H3. The minimum atomic E-state index is -0.459. The van der Waals surface area contributed by atoms with Crippen LogP contribution in [-0.4, -0.2) is 16.1 Å². The predicted molar refractivity (Wildman–Crippen MR) is 74.4 cm³/mol. The van der Waals surface area contributed by atoms with Crippen LogP contribution < -0.4 is 5.32 Å². The molecule has 0 unspecified atom stereocenters. The van der Waals surface area contributed by atoms with Gasteiger partial charge in [0, 0.05) is 6.04 Å². The monoisotopic (exact) mass is 264 g/mol. The average molecular weight is 264 g/mol. The molecule has 1 aromatic carbocycles. The maximum atomic E-state index is 11.0. The summed E-state index contributed by atoms with van der Waals surface area (Å²) in [5.41, 5.74) is 0.445. The number of rotatable bonds is 4. The van der Waals surface area contributed by atoms with Crippen molar-refractivity contribution in [2.75, 3.05) is 5.32 Å². The van der Waals surface area contributed by atoms with E-state index in [4.69, 9.17) is 0 Å². The molecule has 0 heterocycles. The second kappa shape index (κ2) is 5.91. The van der Waals surface area contributed by atoms with E-state index in [-0.39, 0.29) is 11.4 Å². The van der Waals surface area contributed by atoms with Gasteiger partial charge >= 0.3 is 0 Å². The van der Waals surface area contributed by atoms with Gasteiger partial charge in [0.05, 0.1) is 11.0 Å². The van der Waals surface area contributed by atoms with Crippen LogP contribution in [0.1, 0.15) is 39.0 Å². The zero-order valence-corrected chi connectivity index (χ0v) is 11.1. The van der Waals surface area contributed by atoms with Crippen molar-refractivity contribution in [2.24, 2.45) is 5.92 Å². The minimum absolute atomic E-state index is 0.0578. The van der Waals surface area contributed by atoms with Crippen molar-refractivity contribution >= 4 is 11.4 Å². The van der Waals surface area contributed by atoms with Gasteiger partial charge in [0.15, 0.2) is 0 Å². The first kappa shape index (κ1) is 13.6. The molecule has 2 N–H and O–H groups in total. The lowest BCUT2D eigenvalue weighted by molar-refractivity contribution is -0.384. The van der Waals surface area contributed by atoms with Crippen LogP contribution in [0.5, 0.6) is 5.75 Å². The molecule has 2 rings (SSSR count). The Balaban J connectivity index is 2.05. The highest BCUT2D eigenvalue weighted by atomic mass is 16.6. The molecule has 0 saturated heterocycles. The number of hydrogen-bond acceptors (Lipinski definition) is 4. The molecule has 0 bridgehead atoms. The van der Waals surface area contributed by atoms with E-state index in [1.165, 1.54) is 31.4 Å². The summed E-state index contributed by atoms with van der Waals surface area (Å²) in [6.07, 6.45) is 5.68. The third kappa shape index (κ3) is 3.36. The maximum absolute atomic E-state index is 11.0. The van der Waals surface area contributed by atoms with Gasteiger partial charge in [0.2, 0.25) is 0 Å². The van der Waals surface area contributed by atoms with Crippen LogP contribution in [0, 0.1) is 16.0 Å². The topological polar surface area (TPSA) is 75.4 Å². The number of anilines is 1. The van der Waals surface area contributed by atoms with Gasteiger partial charge in [-0.25, -0.2) is 0 Å². The Kier molecular flexibility index (Phi) is 4.24. The zero-order chi connectivity index (χ0) is 13.8. The van der Waals surface area contributed by atoms with Crippen LogP contribution in [0.2, 0.25) is 0 Å². The van der Waals surface area contributed by atoms with Gasteiger partial charge in [-0.1, -0.05) is 13.3 Å². The van der Waals surface area contributed by atoms with Crippen molar-refractivity contribution in [1.29, 1.82) is 0 Å². The van der Waals surface area contributed by atoms with Gasteiger partial charge in [-0.3, -0.25) is 10.1 Å². The second-order valence-electron chi connectivity index (χ2n) is 5.23. The number of hydrogen-bond donors (Lipinski definition) is 2. The Hall–Kier alpha value is -1.78. The van der Waals surface area contributed by atoms with Crippen molar-refractivity contribution < 1.29 is 10.0 Å². The Bertz CT molecular complexity index is 454. The van der Waals surface area contributed by atoms with Gasteiger partial charge < -0.3 is 10.4 Å². The van der Waals surface area contributed by atoms with E-state index in [0.717, 1.165) is 18.8 Å². The Morgan fingerprint density at radius 3 is 2.63 bits per heavy atom. The Labute approximate surface area is 112 Å². The SMILES string of the molecule is CCC1CCC(Nc2ccc(O)cc2[N+](=O)[O-])CC1. The smallest absolute Gasteiger partial charge is 0.296 e. The maximum Gasteiger partial charge on any atom is 0.296 e. The van der Waals surface area contributed by atoms with E-state index in [0.29, 0.717) is 11.7 Å². The molecular weight excluding hydrogens is 244 g/mol. The molecule has 1 aromatic rings. The largest absolute Gasteiger partial charge is 0.508 e. The molecule has 1 aliphatic rings. The number of aromatic hydroxyl groups is 1. The average Bonchev–Trinajstić information content (AvgIpc) is 2.41. The molecule has 0 aliphatic heterocycles. The zero-order valence-electron chi connectivity index (χ0n) is 11.1. The predicted octanol–water partition coefficient (Wildman–Crippen LogP) is 3.68. The second-order valence-corrected chi connectivity index (χ2v) is 5.23. The highest BCUT2D eigenvalue weighted by Crippen LogP contribution is 2.33. The van der Waals surface area contributed by atoms with Crippen molar-refractivity contribution in [1.82, 2.24) is 0 Å². The summed E-state index contributed by atoms with van der Waals surface area (Å²) in [6, 6.07) is 4.55. The highest BCUT2D eigenvalue weighted by Gasteiger charge is 2.22. The first-order valence-electron chi connectivity index (χ1n) is 6.84. The Morgan fingerprint density at radius 2 is 2.05 bits per heavy atom.